The minimum Gasteiger partial charge on any atom is -0.405 e. The number of pyridine rings is 1. The van der Waals surface area contributed by atoms with E-state index in [9.17, 15) is 13.2 Å². The van der Waals surface area contributed by atoms with E-state index < -0.39 is 18.4 Å². The Labute approximate surface area is 95.3 Å². The molecule has 0 spiro atoms. The van der Waals surface area contributed by atoms with Gasteiger partial charge in [-0.2, -0.15) is 0 Å². The Morgan fingerprint density at radius 1 is 1.29 bits per heavy atom. The highest BCUT2D eigenvalue weighted by molar-refractivity contribution is 5.49. The maximum absolute atomic E-state index is 12.2. The van der Waals surface area contributed by atoms with Crippen molar-refractivity contribution < 1.29 is 27.4 Å². The van der Waals surface area contributed by atoms with Gasteiger partial charge in [0.1, 0.15) is 11.6 Å². The third kappa shape index (κ3) is 3.46. The van der Waals surface area contributed by atoms with E-state index in [-0.39, 0.29) is 11.4 Å². The number of nitrogens with zero attached hydrogens (tertiary/aromatic N) is 1. The van der Waals surface area contributed by atoms with Crippen LogP contribution in [0.5, 0.6) is 5.75 Å². The summed E-state index contributed by atoms with van der Waals surface area (Å²) in [4.78, 5) is 3.66. The minimum absolute atomic E-state index is 0.102. The average molecular weight is 252 g/mol. The molecule has 0 aromatic carbocycles. The number of ether oxygens (including phenoxy) is 3. The van der Waals surface area contributed by atoms with Crippen molar-refractivity contribution in [3.05, 3.63) is 17.8 Å². The van der Waals surface area contributed by atoms with E-state index in [0.717, 1.165) is 12.3 Å². The van der Waals surface area contributed by atoms with Crippen LogP contribution in [-0.4, -0.2) is 25.6 Å². The summed E-state index contributed by atoms with van der Waals surface area (Å²) >= 11 is 0. The highest BCUT2D eigenvalue weighted by Gasteiger charge is 2.34. The fraction of sp³-hybridized carbons (Fsp3) is 0.444. The second kappa shape index (κ2) is 5.19. The molecule has 0 unspecified atom stereocenters. The van der Waals surface area contributed by atoms with Gasteiger partial charge in [-0.3, -0.25) is 0 Å². The SMILES string of the molecule is COC(OC)c1c(OC(F)(F)F)ccnc1N. The number of alkyl halides is 3. The van der Waals surface area contributed by atoms with E-state index in [1.54, 1.807) is 0 Å². The molecule has 2 N–H and O–H groups in total. The summed E-state index contributed by atoms with van der Waals surface area (Å²) in [5, 5.41) is 0. The standard InChI is InChI=1S/C9H11F3N2O3/c1-15-8(16-2)6-5(17-9(10,11)12)3-4-14-7(6)13/h3-4,8H,1-2H3,(H2,13,14). The van der Waals surface area contributed by atoms with Crippen molar-refractivity contribution in [1.29, 1.82) is 0 Å². The number of methoxy groups -OCH3 is 2. The van der Waals surface area contributed by atoms with E-state index in [2.05, 4.69) is 9.72 Å². The minimum atomic E-state index is -4.82. The predicted octanol–water partition coefficient (Wildman–Crippen LogP) is 1.85. The van der Waals surface area contributed by atoms with Gasteiger partial charge in [0.2, 0.25) is 0 Å². The Bertz CT molecular complexity index is 380. The molecule has 0 aliphatic rings. The normalized spacial score (nSPS) is 11.9. The maximum atomic E-state index is 12.2. The first-order valence-electron chi connectivity index (χ1n) is 4.44. The molecule has 0 saturated carbocycles. The zero-order valence-electron chi connectivity index (χ0n) is 9.12. The lowest BCUT2D eigenvalue weighted by atomic mass is 10.2. The molecule has 1 rings (SSSR count). The number of nitrogens with two attached hydrogens (primary N) is 1. The number of nitrogen functional groups attached to an aromatic ring is 1. The van der Waals surface area contributed by atoms with Crippen molar-refractivity contribution in [2.75, 3.05) is 20.0 Å². The van der Waals surface area contributed by atoms with Crippen molar-refractivity contribution in [2.24, 2.45) is 0 Å². The van der Waals surface area contributed by atoms with Gasteiger partial charge in [0.25, 0.3) is 0 Å². The molecular weight excluding hydrogens is 241 g/mol. The number of anilines is 1. The van der Waals surface area contributed by atoms with Gasteiger partial charge in [-0.1, -0.05) is 0 Å². The van der Waals surface area contributed by atoms with E-state index in [4.69, 9.17) is 15.2 Å². The Hall–Kier alpha value is -1.54. The van der Waals surface area contributed by atoms with Crippen molar-refractivity contribution in [1.82, 2.24) is 4.98 Å². The molecule has 0 saturated heterocycles. The summed E-state index contributed by atoms with van der Waals surface area (Å²) in [7, 11) is 2.52. The topological polar surface area (TPSA) is 66.6 Å². The van der Waals surface area contributed by atoms with E-state index in [1.165, 1.54) is 14.2 Å². The maximum Gasteiger partial charge on any atom is 0.573 e. The van der Waals surface area contributed by atoms with Gasteiger partial charge in [-0.25, -0.2) is 4.98 Å². The molecular formula is C9H11F3N2O3. The third-order valence-electron chi connectivity index (χ3n) is 1.87. The van der Waals surface area contributed by atoms with Crippen LogP contribution in [-0.2, 0) is 9.47 Å². The largest absolute Gasteiger partial charge is 0.573 e. The van der Waals surface area contributed by atoms with Gasteiger partial charge in [0, 0.05) is 20.4 Å². The molecule has 0 fully saturated rings. The summed E-state index contributed by atoms with van der Waals surface area (Å²) in [6, 6.07) is 1.03. The molecule has 0 radical (unpaired) electrons. The summed E-state index contributed by atoms with van der Waals surface area (Å²) in [5.74, 6) is -0.654. The van der Waals surface area contributed by atoms with Crippen molar-refractivity contribution >= 4 is 5.82 Å². The van der Waals surface area contributed by atoms with Crippen LogP contribution in [0.15, 0.2) is 12.3 Å². The lowest BCUT2D eigenvalue weighted by Gasteiger charge is -2.19. The molecule has 1 aromatic heterocycles. The summed E-state index contributed by atoms with van der Waals surface area (Å²) < 4.78 is 50.0. The van der Waals surface area contributed by atoms with E-state index >= 15 is 0 Å². The van der Waals surface area contributed by atoms with Crippen LogP contribution in [0.1, 0.15) is 11.9 Å². The highest BCUT2D eigenvalue weighted by Crippen LogP contribution is 2.34. The second-order valence-electron chi connectivity index (χ2n) is 2.96. The zero-order valence-corrected chi connectivity index (χ0v) is 9.12. The first kappa shape index (κ1) is 13.5. The van der Waals surface area contributed by atoms with Gasteiger partial charge in [0.05, 0.1) is 5.56 Å². The molecule has 96 valence electrons. The summed E-state index contributed by atoms with van der Waals surface area (Å²) in [6.07, 6.45) is -4.81. The number of aromatic nitrogens is 1. The van der Waals surface area contributed by atoms with Crippen LogP contribution in [0.2, 0.25) is 0 Å². The molecule has 0 bridgehead atoms. The van der Waals surface area contributed by atoms with Crippen LogP contribution >= 0.6 is 0 Å². The molecule has 1 aromatic rings. The van der Waals surface area contributed by atoms with E-state index in [1.807, 2.05) is 0 Å². The molecule has 5 nitrogen and oxygen atoms in total. The van der Waals surface area contributed by atoms with Crippen LogP contribution in [0.25, 0.3) is 0 Å². The predicted molar refractivity (Wildman–Crippen MR) is 52.1 cm³/mol. The van der Waals surface area contributed by atoms with Crippen LogP contribution in [0, 0.1) is 0 Å². The van der Waals surface area contributed by atoms with Crippen molar-refractivity contribution in [3.8, 4) is 5.75 Å². The number of hydrogen-bond donors (Lipinski definition) is 1. The fourth-order valence-electron chi connectivity index (χ4n) is 1.25. The smallest absolute Gasteiger partial charge is 0.405 e. The van der Waals surface area contributed by atoms with Gasteiger partial charge in [-0.05, 0) is 6.07 Å². The Morgan fingerprint density at radius 2 is 1.88 bits per heavy atom. The molecule has 17 heavy (non-hydrogen) atoms. The molecule has 0 aliphatic heterocycles. The highest BCUT2D eigenvalue weighted by atomic mass is 19.4. The van der Waals surface area contributed by atoms with Gasteiger partial charge in [-0.15, -0.1) is 13.2 Å². The van der Waals surface area contributed by atoms with Crippen LogP contribution < -0.4 is 10.5 Å². The van der Waals surface area contributed by atoms with Crippen LogP contribution in [0.4, 0.5) is 19.0 Å². The molecule has 8 heteroatoms. The summed E-state index contributed by atoms with van der Waals surface area (Å²) in [5.41, 5.74) is 5.37. The Morgan fingerprint density at radius 3 is 2.35 bits per heavy atom. The third-order valence-corrected chi connectivity index (χ3v) is 1.87. The molecule has 0 amide bonds. The second-order valence-corrected chi connectivity index (χ2v) is 2.96. The fourth-order valence-corrected chi connectivity index (χ4v) is 1.25. The number of hydrogen-bond acceptors (Lipinski definition) is 5. The number of rotatable bonds is 4. The van der Waals surface area contributed by atoms with Crippen LogP contribution in [0.3, 0.4) is 0 Å². The average Bonchev–Trinajstić information content (AvgIpc) is 2.21. The van der Waals surface area contributed by atoms with Gasteiger partial charge < -0.3 is 19.9 Å². The molecule has 1 heterocycles. The Kier molecular flexibility index (Phi) is 4.13. The van der Waals surface area contributed by atoms with Crippen molar-refractivity contribution in [3.63, 3.8) is 0 Å². The lowest BCUT2D eigenvalue weighted by molar-refractivity contribution is -0.275. The Balaban J connectivity index is 3.16. The quantitative estimate of drug-likeness (QED) is 0.828. The number of halogens is 3. The first-order chi connectivity index (χ1) is 7.89. The lowest BCUT2D eigenvalue weighted by Crippen LogP contribution is -2.20. The van der Waals surface area contributed by atoms with Gasteiger partial charge >= 0.3 is 6.36 Å². The molecule has 0 aliphatic carbocycles. The first-order valence-corrected chi connectivity index (χ1v) is 4.44. The summed E-state index contributed by atoms with van der Waals surface area (Å²) in [6.45, 7) is 0. The monoisotopic (exact) mass is 252 g/mol. The zero-order chi connectivity index (χ0) is 13.1. The van der Waals surface area contributed by atoms with E-state index in [0.29, 0.717) is 0 Å². The molecule has 0 atom stereocenters. The van der Waals surface area contributed by atoms with Gasteiger partial charge in [0.15, 0.2) is 6.29 Å². The van der Waals surface area contributed by atoms with Crippen molar-refractivity contribution in [2.45, 2.75) is 12.7 Å².